The summed E-state index contributed by atoms with van der Waals surface area (Å²) in [7, 11) is 0. The fraction of sp³-hybridized carbons (Fsp3) is 0.667. The molecule has 0 bridgehead atoms. The molecule has 1 aliphatic carbocycles. The number of nitrogens with zero attached hydrogens (tertiary/aromatic N) is 1. The second kappa shape index (κ2) is 5.81. The zero-order chi connectivity index (χ0) is 13.0. The molecule has 1 aliphatic rings. The van der Waals surface area contributed by atoms with Gasteiger partial charge in [0.25, 0.3) is 0 Å². The van der Waals surface area contributed by atoms with Gasteiger partial charge in [-0.1, -0.05) is 19.9 Å². The molecule has 2 rings (SSSR count). The van der Waals surface area contributed by atoms with Crippen LogP contribution in [0.1, 0.15) is 44.8 Å². The lowest BCUT2D eigenvalue weighted by atomic mass is 9.99. The van der Waals surface area contributed by atoms with Crippen LogP contribution in [0.2, 0.25) is 0 Å². The maximum absolute atomic E-state index is 9.37. The van der Waals surface area contributed by atoms with Crippen molar-refractivity contribution in [1.29, 1.82) is 0 Å². The first-order chi connectivity index (χ1) is 8.65. The average molecular weight is 248 g/mol. The van der Waals surface area contributed by atoms with E-state index in [2.05, 4.69) is 30.2 Å². The van der Waals surface area contributed by atoms with E-state index in [4.69, 9.17) is 0 Å². The van der Waals surface area contributed by atoms with Gasteiger partial charge in [-0.2, -0.15) is 0 Å². The summed E-state index contributed by atoms with van der Waals surface area (Å²) in [6.45, 7) is 5.67. The summed E-state index contributed by atoms with van der Waals surface area (Å²) < 4.78 is 0. The molecule has 1 aromatic rings. The number of nitrogens with one attached hydrogen (secondary N) is 1. The Labute approximate surface area is 110 Å². The van der Waals surface area contributed by atoms with Crippen molar-refractivity contribution in [2.45, 2.75) is 39.2 Å². The summed E-state index contributed by atoms with van der Waals surface area (Å²) in [5.74, 6) is 0.633. The number of hydrogen-bond donors (Lipinski definition) is 2. The van der Waals surface area contributed by atoms with E-state index in [1.807, 2.05) is 18.3 Å². The molecule has 1 heterocycles. The van der Waals surface area contributed by atoms with Gasteiger partial charge in [-0.15, -0.1) is 0 Å². The summed E-state index contributed by atoms with van der Waals surface area (Å²) in [5.41, 5.74) is 1.27. The van der Waals surface area contributed by atoms with Gasteiger partial charge in [0.1, 0.15) is 0 Å². The lowest BCUT2D eigenvalue weighted by Gasteiger charge is -2.23. The highest BCUT2D eigenvalue weighted by Gasteiger charge is 2.42. The molecule has 0 radical (unpaired) electrons. The zero-order valence-electron chi connectivity index (χ0n) is 11.4. The monoisotopic (exact) mass is 248 g/mol. The Morgan fingerprint density at radius 1 is 1.39 bits per heavy atom. The molecule has 0 amide bonds. The minimum Gasteiger partial charge on any atom is -0.396 e. The quantitative estimate of drug-likeness (QED) is 0.779. The minimum atomic E-state index is 0.157. The highest BCUT2D eigenvalue weighted by molar-refractivity contribution is 5.09. The van der Waals surface area contributed by atoms with Crippen LogP contribution < -0.4 is 5.32 Å². The van der Waals surface area contributed by atoms with Crippen molar-refractivity contribution in [3.05, 3.63) is 30.1 Å². The van der Waals surface area contributed by atoms with Crippen LogP contribution >= 0.6 is 0 Å². The van der Waals surface area contributed by atoms with Gasteiger partial charge in [0.2, 0.25) is 0 Å². The van der Waals surface area contributed by atoms with Gasteiger partial charge in [-0.25, -0.2) is 0 Å². The topological polar surface area (TPSA) is 45.1 Å². The predicted octanol–water partition coefficient (Wildman–Crippen LogP) is 2.53. The van der Waals surface area contributed by atoms with Crippen LogP contribution in [0, 0.1) is 11.3 Å². The van der Waals surface area contributed by atoms with Crippen LogP contribution in [0.5, 0.6) is 0 Å². The van der Waals surface area contributed by atoms with E-state index >= 15 is 0 Å². The molecule has 0 aromatic carbocycles. The fourth-order valence-electron chi connectivity index (χ4n) is 2.27. The van der Waals surface area contributed by atoms with Crippen LogP contribution in [-0.4, -0.2) is 23.2 Å². The number of hydrogen-bond acceptors (Lipinski definition) is 3. The summed E-state index contributed by atoms with van der Waals surface area (Å²) in [6, 6.07) is 6.37. The second-order valence-corrected chi connectivity index (χ2v) is 5.98. The third-order valence-corrected chi connectivity index (χ3v) is 3.77. The molecular weight excluding hydrogens is 224 g/mol. The Morgan fingerprint density at radius 3 is 2.67 bits per heavy atom. The normalized spacial score (nSPS) is 18.9. The maximum Gasteiger partial charge on any atom is 0.0573 e. The first kappa shape index (κ1) is 13.5. The van der Waals surface area contributed by atoms with Gasteiger partial charge < -0.3 is 10.4 Å². The molecular formula is C15H24N2O. The Morgan fingerprint density at radius 2 is 2.17 bits per heavy atom. The molecule has 3 heteroatoms. The van der Waals surface area contributed by atoms with Gasteiger partial charge in [0.15, 0.2) is 0 Å². The Bertz CT molecular complexity index is 360. The summed E-state index contributed by atoms with van der Waals surface area (Å²) in [4.78, 5) is 4.45. The van der Waals surface area contributed by atoms with Crippen molar-refractivity contribution in [1.82, 2.24) is 10.3 Å². The van der Waals surface area contributed by atoms with Crippen LogP contribution in [0.25, 0.3) is 0 Å². The predicted molar refractivity (Wildman–Crippen MR) is 73.2 cm³/mol. The third kappa shape index (κ3) is 3.53. The first-order valence-corrected chi connectivity index (χ1v) is 6.90. The van der Waals surface area contributed by atoms with Crippen molar-refractivity contribution in [2.75, 3.05) is 13.2 Å². The van der Waals surface area contributed by atoms with E-state index in [0.29, 0.717) is 18.6 Å². The minimum absolute atomic E-state index is 0.157. The van der Waals surface area contributed by atoms with Crippen LogP contribution in [0.15, 0.2) is 24.4 Å². The number of aliphatic hydroxyl groups is 1. The van der Waals surface area contributed by atoms with Crippen molar-refractivity contribution in [3.8, 4) is 0 Å². The Hall–Kier alpha value is -0.930. The summed E-state index contributed by atoms with van der Waals surface area (Å²) in [5, 5.41) is 13.0. The van der Waals surface area contributed by atoms with E-state index in [-0.39, 0.29) is 5.41 Å². The van der Waals surface area contributed by atoms with Crippen LogP contribution in [0.4, 0.5) is 0 Å². The SMILES string of the molecule is CC(C)CC(NCC1(CO)CC1)c1ccccn1. The van der Waals surface area contributed by atoms with Gasteiger partial charge >= 0.3 is 0 Å². The van der Waals surface area contributed by atoms with E-state index < -0.39 is 0 Å². The Kier molecular flexibility index (Phi) is 4.36. The second-order valence-electron chi connectivity index (χ2n) is 5.98. The highest BCUT2D eigenvalue weighted by atomic mass is 16.3. The summed E-state index contributed by atoms with van der Waals surface area (Å²) >= 11 is 0. The van der Waals surface area contributed by atoms with Crippen molar-refractivity contribution in [2.24, 2.45) is 11.3 Å². The Balaban J connectivity index is 1.97. The molecule has 3 nitrogen and oxygen atoms in total. The molecule has 0 spiro atoms. The molecule has 18 heavy (non-hydrogen) atoms. The van der Waals surface area contributed by atoms with E-state index in [9.17, 15) is 5.11 Å². The van der Waals surface area contributed by atoms with E-state index in [0.717, 1.165) is 31.5 Å². The van der Waals surface area contributed by atoms with Crippen molar-refractivity contribution >= 4 is 0 Å². The van der Waals surface area contributed by atoms with Crippen molar-refractivity contribution in [3.63, 3.8) is 0 Å². The van der Waals surface area contributed by atoms with Gasteiger partial charge in [-0.05, 0) is 37.3 Å². The number of aromatic nitrogens is 1. The van der Waals surface area contributed by atoms with Crippen LogP contribution in [-0.2, 0) is 0 Å². The summed E-state index contributed by atoms with van der Waals surface area (Å²) in [6.07, 6.45) is 5.22. The molecule has 2 N–H and O–H groups in total. The lowest BCUT2D eigenvalue weighted by Crippen LogP contribution is -2.31. The van der Waals surface area contributed by atoms with Crippen molar-refractivity contribution < 1.29 is 5.11 Å². The standard InChI is InChI=1S/C15H24N2O/c1-12(2)9-14(13-5-3-4-8-16-13)17-10-15(11-18)6-7-15/h3-5,8,12,14,17-18H,6-7,9-11H2,1-2H3. The molecule has 1 saturated carbocycles. The van der Waals surface area contributed by atoms with Crippen LogP contribution in [0.3, 0.4) is 0 Å². The molecule has 1 fully saturated rings. The number of rotatable bonds is 7. The zero-order valence-corrected chi connectivity index (χ0v) is 11.4. The molecule has 1 atom stereocenters. The lowest BCUT2D eigenvalue weighted by molar-refractivity contribution is 0.201. The number of aliphatic hydroxyl groups excluding tert-OH is 1. The largest absolute Gasteiger partial charge is 0.396 e. The molecule has 1 unspecified atom stereocenters. The highest BCUT2D eigenvalue weighted by Crippen LogP contribution is 2.44. The fourth-order valence-corrected chi connectivity index (χ4v) is 2.27. The first-order valence-electron chi connectivity index (χ1n) is 6.90. The molecule has 100 valence electrons. The molecule has 1 aromatic heterocycles. The maximum atomic E-state index is 9.37. The third-order valence-electron chi connectivity index (χ3n) is 3.77. The smallest absolute Gasteiger partial charge is 0.0573 e. The van der Waals surface area contributed by atoms with Gasteiger partial charge in [0, 0.05) is 30.8 Å². The van der Waals surface area contributed by atoms with Gasteiger partial charge in [-0.3, -0.25) is 4.98 Å². The molecule has 0 saturated heterocycles. The molecule has 0 aliphatic heterocycles. The average Bonchev–Trinajstić information content (AvgIpc) is 3.16. The number of pyridine rings is 1. The van der Waals surface area contributed by atoms with E-state index in [1.165, 1.54) is 0 Å². The van der Waals surface area contributed by atoms with Gasteiger partial charge in [0.05, 0.1) is 5.69 Å². The van der Waals surface area contributed by atoms with E-state index in [1.54, 1.807) is 0 Å².